The number of nitrogens with one attached hydrogen (secondary N) is 2. The van der Waals surface area contributed by atoms with Gasteiger partial charge in [-0.25, -0.2) is 4.79 Å². The van der Waals surface area contributed by atoms with Gasteiger partial charge in [0.15, 0.2) is 0 Å². The lowest BCUT2D eigenvalue weighted by atomic mass is 10.1. The number of hydrogen-bond acceptors (Lipinski definition) is 9. The number of phenols is 2. The molecule has 33 heavy (non-hydrogen) atoms. The van der Waals surface area contributed by atoms with Crippen molar-refractivity contribution in [2.45, 2.75) is 57.3 Å². The molecule has 1 saturated heterocycles. The zero-order valence-corrected chi connectivity index (χ0v) is 20.7. The minimum Gasteiger partial charge on any atom is -0.508 e. The Morgan fingerprint density at radius 3 is 2.36 bits per heavy atom. The molecule has 0 spiro atoms. The van der Waals surface area contributed by atoms with Gasteiger partial charge in [0.1, 0.15) is 23.8 Å². The van der Waals surface area contributed by atoms with E-state index in [1.165, 1.54) is 29.0 Å². The fourth-order valence-electron chi connectivity index (χ4n) is 3.06. The van der Waals surface area contributed by atoms with Crippen molar-refractivity contribution in [1.29, 1.82) is 0 Å². The van der Waals surface area contributed by atoms with Crippen LogP contribution in [0.3, 0.4) is 0 Å². The lowest BCUT2D eigenvalue weighted by Gasteiger charge is -2.23. The monoisotopic (exact) mass is 579 g/mol. The highest BCUT2D eigenvalue weighted by molar-refractivity contribution is 14.1. The molecule has 0 radical (unpaired) electrons. The zero-order valence-electron chi connectivity index (χ0n) is 18.5. The van der Waals surface area contributed by atoms with Gasteiger partial charge < -0.3 is 35.6 Å². The molecule has 3 rings (SSSR count). The summed E-state index contributed by atoms with van der Waals surface area (Å²) in [5.41, 5.74) is -0.635. The molecule has 1 aliphatic heterocycles. The molecule has 2 aromatic rings. The molecule has 2 heterocycles. The number of H-pyrrole nitrogens is 1. The van der Waals surface area contributed by atoms with Gasteiger partial charge in [-0.3, -0.25) is 14.3 Å². The van der Waals surface area contributed by atoms with Crippen LogP contribution in [0.1, 0.15) is 45.1 Å². The van der Waals surface area contributed by atoms with Crippen LogP contribution >= 0.6 is 22.6 Å². The number of aromatic amines is 1. The maximum absolute atomic E-state index is 11.6. The van der Waals surface area contributed by atoms with Crippen molar-refractivity contribution in [2.75, 3.05) is 13.2 Å². The third-order valence-electron chi connectivity index (χ3n) is 4.75. The summed E-state index contributed by atoms with van der Waals surface area (Å²) in [6.07, 6.45) is -1.36. The van der Waals surface area contributed by atoms with Crippen LogP contribution in [0.25, 0.3) is 0 Å². The molecule has 7 N–H and O–H groups in total. The maximum atomic E-state index is 11.6. The third kappa shape index (κ3) is 8.08. The van der Waals surface area contributed by atoms with Gasteiger partial charge in [-0.05, 0) is 61.1 Å². The van der Waals surface area contributed by atoms with E-state index in [0.29, 0.717) is 15.7 Å². The largest absolute Gasteiger partial charge is 0.508 e. The van der Waals surface area contributed by atoms with Crippen molar-refractivity contribution in [3.63, 3.8) is 0 Å². The molecule has 0 saturated carbocycles. The highest BCUT2D eigenvalue weighted by atomic mass is 127. The van der Waals surface area contributed by atoms with Crippen molar-refractivity contribution in [2.24, 2.45) is 0 Å². The van der Waals surface area contributed by atoms with Gasteiger partial charge in [-0.2, -0.15) is 0 Å². The van der Waals surface area contributed by atoms with E-state index >= 15 is 0 Å². The normalized spacial score (nSPS) is 21.4. The maximum Gasteiger partial charge on any atom is 0.330 e. The molecule has 4 atom stereocenters. The second-order valence-electron chi connectivity index (χ2n) is 8.69. The number of halogens is 1. The average Bonchev–Trinajstić information content (AvgIpc) is 3.08. The minimum absolute atomic E-state index is 0.0511. The van der Waals surface area contributed by atoms with Gasteiger partial charge in [0.05, 0.1) is 22.4 Å². The standard InChI is InChI=1S/C12H19NO3.C9H11IN2O5/c1-12(2,3)13-7-11(16)8-4-9(14)6-10(15)5-8;10-4-2-12(9(16)11-8(4)15)7-1-5(14)6(3-13)17-7/h4-6,11,13-16H,7H2,1-3H3;2,5-7,13-14H,1,3H2,(H,11,15,16)/t;5-,6+,7?/m.0/s1. The Morgan fingerprint density at radius 2 is 1.85 bits per heavy atom. The number of β-amino-alcohol motifs (C(OH)–C–C–N with tert-alkyl or cyclic N) is 1. The molecule has 11 nitrogen and oxygen atoms in total. The van der Waals surface area contributed by atoms with Crippen LogP contribution in [0.5, 0.6) is 11.5 Å². The number of hydrogen-bond donors (Lipinski definition) is 7. The smallest absolute Gasteiger partial charge is 0.330 e. The van der Waals surface area contributed by atoms with Crippen LogP contribution in [0.2, 0.25) is 0 Å². The highest BCUT2D eigenvalue weighted by Crippen LogP contribution is 2.27. The first-order chi connectivity index (χ1) is 15.3. The predicted octanol–water partition coefficient (Wildman–Crippen LogP) is 0.301. The molecule has 1 aliphatic rings. The van der Waals surface area contributed by atoms with E-state index in [2.05, 4.69) is 10.3 Å². The number of phenolic OH excluding ortho intramolecular Hbond substituents is 2. The Balaban J connectivity index is 0.000000234. The third-order valence-corrected chi connectivity index (χ3v) is 5.52. The molecule has 1 aromatic carbocycles. The van der Waals surface area contributed by atoms with E-state index < -0.39 is 35.8 Å². The van der Waals surface area contributed by atoms with Crippen LogP contribution in [0, 0.1) is 3.57 Å². The van der Waals surface area contributed by atoms with Crippen molar-refractivity contribution in [3.05, 3.63) is 54.4 Å². The fraction of sp³-hybridized carbons (Fsp3) is 0.524. The number of aromatic nitrogens is 2. The molecular formula is C21H30IN3O8. The van der Waals surface area contributed by atoms with Crippen LogP contribution in [-0.2, 0) is 4.74 Å². The van der Waals surface area contributed by atoms with Crippen molar-refractivity contribution in [1.82, 2.24) is 14.9 Å². The van der Waals surface area contributed by atoms with Gasteiger partial charge >= 0.3 is 5.69 Å². The molecule has 2 unspecified atom stereocenters. The molecule has 0 bridgehead atoms. The Morgan fingerprint density at radius 1 is 1.24 bits per heavy atom. The quantitative estimate of drug-likeness (QED) is 0.246. The molecule has 1 fully saturated rings. The summed E-state index contributed by atoms with van der Waals surface area (Å²) in [6, 6.07) is 4.11. The van der Waals surface area contributed by atoms with E-state index in [1.807, 2.05) is 20.8 Å². The summed E-state index contributed by atoms with van der Waals surface area (Å²) in [7, 11) is 0. The SMILES string of the molecule is CC(C)(C)NCC(O)c1cc(O)cc(O)c1.O=c1[nH]c(=O)n(C2C[C@H](O)[C@@H](CO)O2)cc1I. The molecule has 1 aromatic heterocycles. The molecule has 0 aliphatic carbocycles. The molecule has 184 valence electrons. The molecule has 0 amide bonds. The number of nitrogens with zero attached hydrogens (tertiary/aromatic N) is 1. The predicted molar refractivity (Wildman–Crippen MR) is 128 cm³/mol. The number of aliphatic hydroxyl groups excluding tert-OH is 3. The van der Waals surface area contributed by atoms with Crippen molar-refractivity contribution in [3.8, 4) is 11.5 Å². The van der Waals surface area contributed by atoms with E-state index in [9.17, 15) is 30.0 Å². The van der Waals surface area contributed by atoms with Crippen molar-refractivity contribution < 1.29 is 30.3 Å². The van der Waals surface area contributed by atoms with Gasteiger partial charge in [0.2, 0.25) is 0 Å². The lowest BCUT2D eigenvalue weighted by molar-refractivity contribution is -0.0459. The Kier molecular flexibility index (Phi) is 9.46. The van der Waals surface area contributed by atoms with Gasteiger partial charge in [-0.15, -0.1) is 0 Å². The van der Waals surface area contributed by atoms with E-state index in [0.717, 1.165) is 0 Å². The number of ether oxygens (including phenoxy) is 1. The molecule has 12 heteroatoms. The summed E-state index contributed by atoms with van der Waals surface area (Å²) < 4.78 is 6.89. The topological polar surface area (TPSA) is 177 Å². The molecular weight excluding hydrogens is 549 g/mol. The summed E-state index contributed by atoms with van der Waals surface area (Å²) >= 11 is 1.80. The van der Waals surface area contributed by atoms with Gasteiger partial charge in [0.25, 0.3) is 5.56 Å². The lowest BCUT2D eigenvalue weighted by Crippen LogP contribution is -2.38. The average molecular weight is 579 g/mol. The number of aliphatic hydroxyl groups is 3. The number of rotatable bonds is 5. The Bertz CT molecular complexity index is 1030. The fourth-order valence-corrected chi connectivity index (χ4v) is 3.49. The number of benzene rings is 1. The van der Waals surface area contributed by atoms with Gasteiger partial charge in [-0.1, -0.05) is 0 Å². The van der Waals surface area contributed by atoms with E-state index in [4.69, 9.17) is 9.84 Å². The summed E-state index contributed by atoms with van der Waals surface area (Å²) in [5.74, 6) is -0.102. The second kappa shape index (κ2) is 11.4. The highest BCUT2D eigenvalue weighted by Gasteiger charge is 2.35. The van der Waals surface area contributed by atoms with Crippen LogP contribution in [-0.4, -0.2) is 66.0 Å². The summed E-state index contributed by atoms with van der Waals surface area (Å²) in [5, 5.41) is 50.1. The number of aromatic hydroxyl groups is 2. The second-order valence-corrected chi connectivity index (χ2v) is 9.85. The van der Waals surface area contributed by atoms with Crippen LogP contribution in [0.4, 0.5) is 0 Å². The minimum atomic E-state index is -0.818. The van der Waals surface area contributed by atoms with E-state index in [1.54, 1.807) is 22.6 Å². The van der Waals surface area contributed by atoms with Crippen LogP contribution in [0.15, 0.2) is 34.0 Å². The first kappa shape index (κ1) is 27.3. The van der Waals surface area contributed by atoms with E-state index in [-0.39, 0.29) is 30.1 Å². The van der Waals surface area contributed by atoms with Gasteiger partial charge in [0, 0.05) is 30.8 Å². The Hall–Kier alpha value is -1.97. The Labute approximate surface area is 203 Å². The summed E-state index contributed by atoms with van der Waals surface area (Å²) in [6.45, 7) is 6.05. The summed E-state index contributed by atoms with van der Waals surface area (Å²) in [4.78, 5) is 24.9. The van der Waals surface area contributed by atoms with Crippen molar-refractivity contribution >= 4 is 22.6 Å². The zero-order chi connectivity index (χ0) is 24.9. The first-order valence-corrected chi connectivity index (χ1v) is 11.3. The first-order valence-electron chi connectivity index (χ1n) is 10.2. The van der Waals surface area contributed by atoms with Crippen LogP contribution < -0.4 is 16.6 Å².